The molecule has 0 aliphatic heterocycles. The molecule has 17 heavy (non-hydrogen) atoms. The second-order valence-electron chi connectivity index (χ2n) is 4.17. The van der Waals surface area contributed by atoms with E-state index in [1.165, 1.54) is 0 Å². The summed E-state index contributed by atoms with van der Waals surface area (Å²) in [6.45, 7) is 2.42. The quantitative estimate of drug-likeness (QED) is 0.718. The van der Waals surface area contributed by atoms with Gasteiger partial charge in [-0.15, -0.1) is 12.4 Å². The minimum absolute atomic E-state index is 0. The van der Waals surface area contributed by atoms with Crippen LogP contribution in [-0.4, -0.2) is 30.6 Å². The molecule has 0 aromatic rings. The summed E-state index contributed by atoms with van der Waals surface area (Å²) in [6.07, 6.45) is 3.68. The molecule has 1 saturated carbocycles. The number of amides is 1. The van der Waals surface area contributed by atoms with Crippen molar-refractivity contribution in [1.82, 2.24) is 5.32 Å². The zero-order valence-electron chi connectivity index (χ0n) is 10.2. The van der Waals surface area contributed by atoms with Gasteiger partial charge in [0.1, 0.15) is 0 Å². The van der Waals surface area contributed by atoms with Gasteiger partial charge in [-0.3, -0.25) is 9.59 Å². The van der Waals surface area contributed by atoms with Crippen LogP contribution in [0.15, 0.2) is 0 Å². The Bertz CT molecular complexity index is 265. The van der Waals surface area contributed by atoms with Crippen LogP contribution in [0.2, 0.25) is 0 Å². The lowest BCUT2D eigenvalue weighted by atomic mass is 9.98. The van der Waals surface area contributed by atoms with Gasteiger partial charge in [0.25, 0.3) is 0 Å². The summed E-state index contributed by atoms with van der Waals surface area (Å²) in [5.41, 5.74) is 5.24. The molecule has 1 aliphatic carbocycles. The number of carbonyl (C=O) groups excluding carboxylic acids is 2. The van der Waals surface area contributed by atoms with E-state index in [-0.39, 0.29) is 30.7 Å². The molecule has 1 fully saturated rings. The summed E-state index contributed by atoms with van der Waals surface area (Å²) in [5.74, 6) is -0.436. The van der Waals surface area contributed by atoms with Gasteiger partial charge < -0.3 is 15.8 Å². The Morgan fingerprint density at radius 1 is 1.35 bits per heavy atom. The lowest BCUT2D eigenvalue weighted by molar-refractivity contribution is -0.143. The minimum Gasteiger partial charge on any atom is -0.466 e. The molecule has 0 saturated heterocycles. The van der Waals surface area contributed by atoms with Gasteiger partial charge in [0.05, 0.1) is 18.6 Å². The number of ether oxygens (including phenoxy) is 1. The van der Waals surface area contributed by atoms with Gasteiger partial charge in [0.2, 0.25) is 5.91 Å². The van der Waals surface area contributed by atoms with Crippen LogP contribution in [0.4, 0.5) is 0 Å². The van der Waals surface area contributed by atoms with E-state index in [0.29, 0.717) is 13.2 Å². The number of nitrogens with two attached hydrogens (primary N) is 1. The normalized spacial score (nSPS) is 17.1. The second-order valence-corrected chi connectivity index (χ2v) is 4.17. The van der Waals surface area contributed by atoms with Crippen LogP contribution in [0.5, 0.6) is 0 Å². The summed E-state index contributed by atoms with van der Waals surface area (Å²) in [5, 5.41) is 2.69. The van der Waals surface area contributed by atoms with E-state index in [1.54, 1.807) is 6.92 Å². The third-order valence-electron chi connectivity index (χ3n) is 2.87. The third kappa shape index (κ3) is 4.91. The number of hydrogen-bond donors (Lipinski definition) is 2. The Morgan fingerprint density at radius 2 is 1.94 bits per heavy atom. The Morgan fingerprint density at radius 3 is 2.47 bits per heavy atom. The van der Waals surface area contributed by atoms with Crippen molar-refractivity contribution < 1.29 is 14.3 Å². The monoisotopic (exact) mass is 264 g/mol. The zero-order valence-corrected chi connectivity index (χ0v) is 11.0. The molecule has 0 radical (unpaired) electrons. The number of nitrogens with one attached hydrogen (secondary N) is 1. The third-order valence-corrected chi connectivity index (χ3v) is 2.87. The molecule has 0 aromatic carbocycles. The zero-order chi connectivity index (χ0) is 12.0. The van der Waals surface area contributed by atoms with Gasteiger partial charge in [-0.05, 0) is 19.8 Å². The molecule has 1 rings (SSSR count). The van der Waals surface area contributed by atoms with Crippen molar-refractivity contribution in [3.8, 4) is 0 Å². The molecular formula is C11H21ClN2O3. The molecule has 5 nitrogen and oxygen atoms in total. The summed E-state index contributed by atoms with van der Waals surface area (Å²) in [4.78, 5) is 22.7. The fourth-order valence-corrected chi connectivity index (χ4v) is 1.92. The van der Waals surface area contributed by atoms with E-state index >= 15 is 0 Å². The van der Waals surface area contributed by atoms with Gasteiger partial charge in [-0.25, -0.2) is 0 Å². The first kappa shape index (κ1) is 16.2. The molecule has 0 aromatic heterocycles. The van der Waals surface area contributed by atoms with E-state index < -0.39 is 5.54 Å². The average Bonchev–Trinajstić information content (AvgIpc) is 2.67. The van der Waals surface area contributed by atoms with Crippen molar-refractivity contribution in [2.45, 2.75) is 44.6 Å². The van der Waals surface area contributed by atoms with E-state index in [2.05, 4.69) is 5.32 Å². The number of rotatable bonds is 5. The van der Waals surface area contributed by atoms with Crippen LogP contribution < -0.4 is 11.1 Å². The van der Waals surface area contributed by atoms with E-state index in [4.69, 9.17) is 10.5 Å². The molecule has 3 N–H and O–H groups in total. The summed E-state index contributed by atoms with van der Waals surface area (Å²) in [7, 11) is 0. The number of carbonyl (C=O) groups is 2. The van der Waals surface area contributed by atoms with Crippen LogP contribution in [0.1, 0.15) is 39.0 Å². The molecule has 6 heteroatoms. The molecule has 0 spiro atoms. The first-order valence-corrected chi connectivity index (χ1v) is 5.81. The lowest BCUT2D eigenvalue weighted by Crippen LogP contribution is -2.52. The van der Waals surface area contributed by atoms with Gasteiger partial charge in [-0.1, -0.05) is 12.8 Å². The van der Waals surface area contributed by atoms with Gasteiger partial charge in [0, 0.05) is 6.54 Å². The van der Waals surface area contributed by atoms with Crippen molar-refractivity contribution in [2.75, 3.05) is 13.2 Å². The Hall–Kier alpha value is -0.810. The maximum absolute atomic E-state index is 11.7. The Kier molecular flexibility index (Phi) is 7.15. The molecular weight excluding hydrogens is 244 g/mol. The molecule has 1 aliphatic rings. The molecule has 1 amide bonds. The van der Waals surface area contributed by atoms with Gasteiger partial charge >= 0.3 is 5.97 Å². The largest absolute Gasteiger partial charge is 0.466 e. The lowest BCUT2D eigenvalue weighted by Gasteiger charge is -2.21. The van der Waals surface area contributed by atoms with Crippen molar-refractivity contribution >= 4 is 24.3 Å². The number of esters is 1. The highest BCUT2D eigenvalue weighted by Crippen LogP contribution is 2.27. The van der Waals surface area contributed by atoms with Gasteiger partial charge in [-0.2, -0.15) is 0 Å². The highest BCUT2D eigenvalue weighted by Gasteiger charge is 2.36. The van der Waals surface area contributed by atoms with Crippen molar-refractivity contribution in [3.63, 3.8) is 0 Å². The summed E-state index contributed by atoms with van der Waals surface area (Å²) < 4.78 is 4.75. The predicted octanol–water partition coefficient (Wildman–Crippen LogP) is 0.749. The fraction of sp³-hybridized carbons (Fsp3) is 0.818. The van der Waals surface area contributed by atoms with Crippen LogP contribution in [0.3, 0.4) is 0 Å². The van der Waals surface area contributed by atoms with Crippen LogP contribution in [0, 0.1) is 0 Å². The SMILES string of the molecule is CCOC(=O)CCNC(=O)C1(N)CCCC1.Cl. The topological polar surface area (TPSA) is 81.4 Å². The first-order chi connectivity index (χ1) is 7.58. The molecule has 0 unspecified atom stereocenters. The summed E-state index contributed by atoms with van der Waals surface area (Å²) in [6, 6.07) is 0. The second kappa shape index (κ2) is 7.50. The molecule has 0 atom stereocenters. The van der Waals surface area contributed by atoms with E-state index in [0.717, 1.165) is 25.7 Å². The van der Waals surface area contributed by atoms with E-state index in [1.807, 2.05) is 0 Å². The number of hydrogen-bond acceptors (Lipinski definition) is 4. The minimum atomic E-state index is -0.714. The fourth-order valence-electron chi connectivity index (χ4n) is 1.92. The maximum atomic E-state index is 11.7. The van der Waals surface area contributed by atoms with E-state index in [9.17, 15) is 9.59 Å². The average molecular weight is 265 g/mol. The molecule has 0 bridgehead atoms. The van der Waals surface area contributed by atoms with Crippen molar-refractivity contribution in [2.24, 2.45) is 5.73 Å². The van der Waals surface area contributed by atoms with Crippen LogP contribution in [-0.2, 0) is 14.3 Å². The highest BCUT2D eigenvalue weighted by molar-refractivity contribution is 5.86. The Balaban J connectivity index is 0.00000256. The predicted molar refractivity (Wildman–Crippen MR) is 66.9 cm³/mol. The Labute approximate surface area is 108 Å². The number of halogens is 1. The van der Waals surface area contributed by atoms with Gasteiger partial charge in [0.15, 0.2) is 0 Å². The standard InChI is InChI=1S/C11H20N2O3.ClH/c1-2-16-9(14)5-8-13-10(15)11(12)6-3-4-7-11;/h2-8,12H2,1H3,(H,13,15);1H. The van der Waals surface area contributed by atoms with Crippen LogP contribution >= 0.6 is 12.4 Å². The molecule has 0 heterocycles. The van der Waals surface area contributed by atoms with Crippen molar-refractivity contribution in [1.29, 1.82) is 0 Å². The first-order valence-electron chi connectivity index (χ1n) is 5.81. The highest BCUT2D eigenvalue weighted by atomic mass is 35.5. The smallest absolute Gasteiger partial charge is 0.307 e. The molecule has 100 valence electrons. The van der Waals surface area contributed by atoms with Crippen LogP contribution in [0.25, 0.3) is 0 Å². The summed E-state index contributed by atoms with van der Waals surface area (Å²) >= 11 is 0. The maximum Gasteiger partial charge on any atom is 0.307 e. The van der Waals surface area contributed by atoms with Crippen molar-refractivity contribution in [3.05, 3.63) is 0 Å².